The number of ether oxygens (including phenoxy) is 1. The number of pyridine rings is 2. The van der Waals surface area contributed by atoms with Gasteiger partial charge in [-0.15, -0.1) is 0 Å². The average Bonchev–Trinajstić information content (AvgIpc) is 3.23. The fourth-order valence-corrected chi connectivity index (χ4v) is 3.98. The molecule has 0 aliphatic rings. The molecule has 0 saturated carbocycles. The van der Waals surface area contributed by atoms with Gasteiger partial charge in [-0.05, 0) is 45.0 Å². The standard InChI is InChI=1S/C23H18BF5N4O/c1-12-9-13(2)21(14(3)10-12)24(18-11-16(32-33-18)23(27,28)29)17-5-4-6-20(30-17)34-15-7-8-19(25)31-22(15)26/h4-11H,1-3H3,(H,32,33). The SMILES string of the molecule is Cc1cc(C)c(B(c2cccc(Oc3ccc(F)nc3F)n2)c2cc(C(F)(F)F)n[nH]2)c(C)c1. The summed E-state index contributed by atoms with van der Waals surface area (Å²) in [6.45, 7) is 4.91. The molecular formula is C23H18BF5N4O. The second-order valence-electron chi connectivity index (χ2n) is 7.88. The fourth-order valence-electron chi connectivity index (χ4n) is 3.98. The number of H-pyrrole nitrogens is 1. The van der Waals surface area contributed by atoms with Crippen LogP contribution in [0.5, 0.6) is 11.6 Å². The molecule has 0 amide bonds. The molecule has 4 rings (SSSR count). The van der Waals surface area contributed by atoms with Crippen molar-refractivity contribution in [1.29, 1.82) is 0 Å². The maximum Gasteiger partial charge on any atom is 0.435 e. The van der Waals surface area contributed by atoms with Crippen LogP contribution in [0.15, 0.2) is 48.5 Å². The fraction of sp³-hybridized carbons (Fsp3) is 0.174. The molecule has 0 aliphatic heterocycles. The Morgan fingerprint density at radius 2 is 1.62 bits per heavy atom. The van der Waals surface area contributed by atoms with Gasteiger partial charge in [0.1, 0.15) is 0 Å². The molecule has 174 valence electrons. The predicted octanol–water partition coefficient (Wildman–Crippen LogP) is 3.73. The summed E-state index contributed by atoms with van der Waals surface area (Å²) >= 11 is 0. The lowest BCUT2D eigenvalue weighted by atomic mass is 9.38. The van der Waals surface area contributed by atoms with E-state index in [4.69, 9.17) is 4.74 Å². The first-order chi connectivity index (χ1) is 16.0. The Labute approximate surface area is 192 Å². The van der Waals surface area contributed by atoms with Crippen LogP contribution in [0.25, 0.3) is 0 Å². The number of hydrogen-bond acceptors (Lipinski definition) is 4. The number of halogens is 5. The van der Waals surface area contributed by atoms with Crippen molar-refractivity contribution in [2.45, 2.75) is 26.9 Å². The number of aromatic nitrogens is 4. The van der Waals surface area contributed by atoms with Gasteiger partial charge in [0.25, 0.3) is 12.7 Å². The number of aryl methyl sites for hydroxylation is 3. The van der Waals surface area contributed by atoms with Gasteiger partial charge in [0.15, 0.2) is 11.4 Å². The van der Waals surface area contributed by atoms with Crippen LogP contribution in [0.1, 0.15) is 22.4 Å². The highest BCUT2D eigenvalue weighted by atomic mass is 19.4. The van der Waals surface area contributed by atoms with Crippen LogP contribution in [0.3, 0.4) is 0 Å². The van der Waals surface area contributed by atoms with Gasteiger partial charge in [0.2, 0.25) is 11.8 Å². The minimum absolute atomic E-state index is 0.0345. The van der Waals surface area contributed by atoms with Crippen molar-refractivity contribution in [3.05, 3.63) is 82.8 Å². The molecule has 0 saturated heterocycles. The van der Waals surface area contributed by atoms with E-state index in [2.05, 4.69) is 20.2 Å². The van der Waals surface area contributed by atoms with Gasteiger partial charge in [0, 0.05) is 17.3 Å². The van der Waals surface area contributed by atoms with Gasteiger partial charge < -0.3 is 4.74 Å². The quantitative estimate of drug-likeness (QED) is 0.273. The highest BCUT2D eigenvalue weighted by Gasteiger charge is 2.37. The number of rotatable bonds is 5. The van der Waals surface area contributed by atoms with Crippen LogP contribution in [-0.2, 0) is 6.18 Å². The molecule has 11 heteroatoms. The van der Waals surface area contributed by atoms with Crippen LogP contribution in [0, 0.1) is 32.7 Å². The Balaban J connectivity index is 1.83. The molecule has 1 N–H and O–H groups in total. The average molecular weight is 472 g/mol. The zero-order valence-corrected chi connectivity index (χ0v) is 18.3. The second kappa shape index (κ2) is 8.88. The summed E-state index contributed by atoms with van der Waals surface area (Å²) in [6, 6.07) is 11.5. The Kier molecular flexibility index (Phi) is 6.12. The van der Waals surface area contributed by atoms with Crippen molar-refractivity contribution >= 4 is 23.4 Å². The van der Waals surface area contributed by atoms with Crippen molar-refractivity contribution in [2.24, 2.45) is 0 Å². The predicted molar refractivity (Wildman–Crippen MR) is 117 cm³/mol. The lowest BCUT2D eigenvalue weighted by molar-refractivity contribution is -0.141. The summed E-state index contributed by atoms with van der Waals surface area (Å²) in [5, 5.41) is 5.94. The van der Waals surface area contributed by atoms with E-state index in [9.17, 15) is 22.0 Å². The van der Waals surface area contributed by atoms with Gasteiger partial charge in [-0.3, -0.25) is 5.10 Å². The molecule has 34 heavy (non-hydrogen) atoms. The smallest absolute Gasteiger partial charge is 0.434 e. The van der Waals surface area contributed by atoms with E-state index >= 15 is 0 Å². The van der Waals surface area contributed by atoms with Gasteiger partial charge in [-0.1, -0.05) is 40.4 Å². The Morgan fingerprint density at radius 3 is 2.24 bits per heavy atom. The van der Waals surface area contributed by atoms with Gasteiger partial charge in [-0.25, -0.2) is 4.98 Å². The Morgan fingerprint density at radius 1 is 0.912 bits per heavy atom. The molecule has 0 aliphatic carbocycles. The second-order valence-corrected chi connectivity index (χ2v) is 7.88. The third kappa shape index (κ3) is 4.78. The van der Waals surface area contributed by atoms with E-state index in [1.54, 1.807) is 12.1 Å². The van der Waals surface area contributed by atoms with Crippen LogP contribution in [0.4, 0.5) is 22.0 Å². The van der Waals surface area contributed by atoms with Crippen molar-refractivity contribution in [1.82, 2.24) is 20.2 Å². The molecule has 3 aromatic heterocycles. The summed E-state index contributed by atoms with van der Waals surface area (Å²) < 4.78 is 72.3. The van der Waals surface area contributed by atoms with Crippen molar-refractivity contribution < 1.29 is 26.7 Å². The molecular weight excluding hydrogens is 454 g/mol. The first-order valence-electron chi connectivity index (χ1n) is 10.2. The molecule has 0 radical (unpaired) electrons. The summed E-state index contributed by atoms with van der Waals surface area (Å²) in [6.07, 6.45) is -4.62. The Bertz CT molecular complexity index is 1330. The summed E-state index contributed by atoms with van der Waals surface area (Å²) in [7, 11) is 0. The van der Waals surface area contributed by atoms with Crippen LogP contribution >= 0.6 is 0 Å². The molecule has 5 nitrogen and oxygen atoms in total. The highest BCUT2D eigenvalue weighted by molar-refractivity contribution is 6.95. The van der Waals surface area contributed by atoms with Crippen LogP contribution < -0.4 is 21.4 Å². The molecule has 3 heterocycles. The van der Waals surface area contributed by atoms with Gasteiger partial charge in [-0.2, -0.15) is 32.0 Å². The first kappa shape index (κ1) is 23.4. The first-order valence-corrected chi connectivity index (χ1v) is 10.2. The topological polar surface area (TPSA) is 63.7 Å². The van der Waals surface area contributed by atoms with E-state index < -0.39 is 30.5 Å². The van der Waals surface area contributed by atoms with E-state index in [0.717, 1.165) is 40.4 Å². The monoisotopic (exact) mass is 472 g/mol. The number of nitrogens with one attached hydrogen (secondary N) is 1. The highest BCUT2D eigenvalue weighted by Crippen LogP contribution is 2.26. The molecule has 4 aromatic rings. The molecule has 1 aromatic carbocycles. The minimum Gasteiger partial charge on any atom is -0.434 e. The number of aromatic amines is 1. The maximum atomic E-state index is 14.0. The molecule has 0 bridgehead atoms. The van der Waals surface area contributed by atoms with E-state index in [0.29, 0.717) is 5.59 Å². The van der Waals surface area contributed by atoms with Crippen molar-refractivity contribution in [3.8, 4) is 11.6 Å². The van der Waals surface area contributed by atoms with Crippen LogP contribution in [0.2, 0.25) is 0 Å². The van der Waals surface area contributed by atoms with Crippen LogP contribution in [-0.4, -0.2) is 26.9 Å². The lowest BCUT2D eigenvalue weighted by Gasteiger charge is -2.19. The molecule has 0 atom stereocenters. The van der Waals surface area contributed by atoms with E-state index in [-0.39, 0.29) is 17.2 Å². The van der Waals surface area contributed by atoms with E-state index in [1.165, 1.54) is 6.07 Å². The molecule has 0 spiro atoms. The normalized spacial score (nSPS) is 11.5. The largest absolute Gasteiger partial charge is 0.435 e. The number of benzene rings is 1. The number of alkyl halides is 3. The van der Waals surface area contributed by atoms with Gasteiger partial charge in [0.05, 0.1) is 0 Å². The third-order valence-corrected chi connectivity index (χ3v) is 5.26. The maximum absolute atomic E-state index is 14.0. The zero-order chi connectivity index (χ0) is 24.6. The third-order valence-electron chi connectivity index (χ3n) is 5.26. The van der Waals surface area contributed by atoms with Crippen molar-refractivity contribution in [2.75, 3.05) is 0 Å². The summed E-state index contributed by atoms with van der Waals surface area (Å²) in [5.74, 6) is -2.53. The molecule has 0 fully saturated rings. The zero-order valence-electron chi connectivity index (χ0n) is 18.3. The van der Waals surface area contributed by atoms with E-state index in [1.807, 2.05) is 32.9 Å². The van der Waals surface area contributed by atoms with Gasteiger partial charge >= 0.3 is 6.18 Å². The summed E-state index contributed by atoms with van der Waals surface area (Å²) in [5.41, 5.74) is 2.94. The Hall–Kier alpha value is -3.76. The lowest BCUT2D eigenvalue weighted by Crippen LogP contribution is -2.55. The number of nitrogens with zero attached hydrogens (tertiary/aromatic N) is 3. The number of hydrogen-bond donors (Lipinski definition) is 1. The minimum atomic E-state index is -4.62. The summed E-state index contributed by atoms with van der Waals surface area (Å²) in [4.78, 5) is 7.50. The molecule has 0 unspecified atom stereocenters. The van der Waals surface area contributed by atoms with Crippen molar-refractivity contribution in [3.63, 3.8) is 0 Å².